The van der Waals surface area contributed by atoms with Crippen molar-refractivity contribution in [3.8, 4) is 0 Å². The van der Waals surface area contributed by atoms with E-state index in [4.69, 9.17) is 0 Å². The van der Waals surface area contributed by atoms with Gasteiger partial charge in [-0.1, -0.05) is 0 Å². The summed E-state index contributed by atoms with van der Waals surface area (Å²) in [4.78, 5) is 9.89. The van der Waals surface area contributed by atoms with Gasteiger partial charge in [-0.3, -0.25) is 0 Å². The maximum atomic E-state index is 9.89. The van der Waals surface area contributed by atoms with E-state index in [-0.39, 0.29) is 23.6 Å². The van der Waals surface area contributed by atoms with Gasteiger partial charge in [-0.15, -0.1) is 0 Å². The van der Waals surface area contributed by atoms with Gasteiger partial charge in [-0.2, -0.15) is 0 Å². The van der Waals surface area contributed by atoms with Gasteiger partial charge in [0.2, 0.25) is 0 Å². The van der Waals surface area contributed by atoms with Gasteiger partial charge in [0.25, 0.3) is 0 Å². The zero-order chi connectivity index (χ0) is 6.78. The van der Waals surface area contributed by atoms with Crippen LogP contribution in [0, 0.1) is 0 Å². The summed E-state index contributed by atoms with van der Waals surface area (Å²) in [6.07, 6.45) is 0. The predicted molar refractivity (Wildman–Crippen MR) is 27.9 cm³/mol. The number of likely N-dealkylation sites (N-methyl/N-ethyl adjacent to an activating group) is 1. The normalized spacial score (nSPS) is 10.1. The third-order valence-electron chi connectivity index (χ3n) is 0.603. The molecular weight excluding hydrogens is 162 g/mol. The molecule has 0 heterocycles. The minimum atomic E-state index is -1.00. The summed E-state index contributed by atoms with van der Waals surface area (Å²) < 4.78 is 0.419. The van der Waals surface area contributed by atoms with Crippen LogP contribution in [0.2, 0.25) is 0 Å². The van der Waals surface area contributed by atoms with Crippen molar-refractivity contribution >= 4 is 5.97 Å². The molecule has 0 atom stereocenters. The van der Waals surface area contributed by atoms with Gasteiger partial charge in [0.05, 0.1) is 27.1 Å². The number of rotatable bonds is 2. The fourth-order valence-electron chi connectivity index (χ4n) is 0.387. The number of carboxylic acid groups (broad SMARTS) is 1. The number of hydrogen-bond donors (Lipinski definition) is 0. The number of carboxylic acids is 1. The van der Waals surface area contributed by atoms with Crippen molar-refractivity contribution in [3.63, 3.8) is 0 Å². The van der Waals surface area contributed by atoms with Gasteiger partial charge in [-0.25, -0.2) is 0 Å². The number of quaternary nitrogens is 1. The third-order valence-corrected chi connectivity index (χ3v) is 0.603. The first kappa shape index (κ1) is 11.7. The molecule has 54 valence electrons. The molecule has 0 radical (unpaired) electrons. The molecule has 0 aliphatic carbocycles. The monoisotopic (exact) mass is 173 g/mol. The van der Waals surface area contributed by atoms with Gasteiger partial charge < -0.3 is 14.4 Å². The minimum absolute atomic E-state index is 0. The van der Waals surface area contributed by atoms with Crippen LogP contribution in [0.5, 0.6) is 0 Å². The molecule has 0 saturated heterocycles. The summed E-state index contributed by atoms with van der Waals surface area (Å²) in [5.41, 5.74) is 0. The van der Waals surface area contributed by atoms with Crippen molar-refractivity contribution in [2.75, 3.05) is 27.7 Å². The Hall–Kier alpha value is -0.0505. The van der Waals surface area contributed by atoms with Crippen LogP contribution in [0.3, 0.4) is 0 Å². The summed E-state index contributed by atoms with van der Waals surface area (Å²) in [6.45, 7) is 0.0694. The summed E-state index contributed by atoms with van der Waals surface area (Å²) in [5.74, 6) is -1.00. The average Bonchev–Trinajstić information content (AvgIpc) is 1.21. The fourth-order valence-corrected chi connectivity index (χ4v) is 0.387. The maximum absolute atomic E-state index is 9.89. The summed E-state index contributed by atoms with van der Waals surface area (Å²) in [5, 5.41) is 9.89. The van der Waals surface area contributed by atoms with E-state index in [0.717, 1.165) is 0 Å². The molecule has 0 bridgehead atoms. The van der Waals surface area contributed by atoms with E-state index in [0.29, 0.717) is 4.48 Å². The van der Waals surface area contributed by atoms with Gasteiger partial charge in [-0.05, 0) is 0 Å². The Morgan fingerprint density at radius 2 is 1.78 bits per heavy atom. The number of carbonyl (C=O) groups is 1. The Morgan fingerprint density at radius 1 is 1.44 bits per heavy atom. The standard InChI is InChI=1S/C5H11NO2.Fe/c1-6(2,3)4-5(7)8;/h4H2,1-3H3;/q;+2. The molecular formula is C5H11FeNO2+2. The second-order valence-corrected chi connectivity index (χ2v) is 2.82. The van der Waals surface area contributed by atoms with Crippen molar-refractivity contribution in [1.29, 1.82) is 0 Å². The van der Waals surface area contributed by atoms with Crippen LogP contribution in [0.25, 0.3) is 0 Å². The molecule has 0 amide bonds. The van der Waals surface area contributed by atoms with Crippen LogP contribution < -0.4 is 5.11 Å². The molecule has 0 rings (SSSR count). The van der Waals surface area contributed by atoms with Crippen molar-refractivity contribution in [2.24, 2.45) is 0 Å². The van der Waals surface area contributed by atoms with Crippen LogP contribution in [-0.4, -0.2) is 38.1 Å². The number of carbonyl (C=O) groups excluding carboxylic acids is 1. The molecule has 4 heteroatoms. The topological polar surface area (TPSA) is 40.1 Å². The Morgan fingerprint density at radius 3 is 1.78 bits per heavy atom. The third kappa shape index (κ3) is 11.5. The number of aliphatic carboxylic acids is 1. The van der Waals surface area contributed by atoms with E-state index >= 15 is 0 Å². The zero-order valence-electron chi connectivity index (χ0n) is 5.82. The Balaban J connectivity index is 0. The van der Waals surface area contributed by atoms with Gasteiger partial charge in [0.15, 0.2) is 0 Å². The van der Waals surface area contributed by atoms with Crippen LogP contribution in [0.1, 0.15) is 0 Å². The predicted octanol–water partition coefficient (Wildman–Crippen LogP) is -1.56. The minimum Gasteiger partial charge on any atom is -0.544 e. The van der Waals surface area contributed by atoms with Crippen molar-refractivity contribution < 1.29 is 31.5 Å². The molecule has 0 aliphatic rings. The van der Waals surface area contributed by atoms with Gasteiger partial charge >= 0.3 is 17.1 Å². The molecule has 0 fully saturated rings. The van der Waals surface area contributed by atoms with E-state index in [1.165, 1.54) is 0 Å². The Labute approximate surface area is 65.7 Å². The maximum Gasteiger partial charge on any atom is 2.00 e. The molecule has 3 nitrogen and oxygen atoms in total. The summed E-state index contributed by atoms with van der Waals surface area (Å²) in [7, 11) is 5.40. The van der Waals surface area contributed by atoms with Gasteiger partial charge in [0.1, 0.15) is 6.54 Å². The van der Waals surface area contributed by atoms with E-state index in [2.05, 4.69) is 0 Å². The summed E-state index contributed by atoms with van der Waals surface area (Å²) >= 11 is 0. The first-order valence-electron chi connectivity index (χ1n) is 2.42. The van der Waals surface area contributed by atoms with Crippen LogP contribution in [0.4, 0.5) is 0 Å². The zero-order valence-corrected chi connectivity index (χ0v) is 6.93. The Bertz CT molecular complexity index is 97.6. The van der Waals surface area contributed by atoms with Crippen molar-refractivity contribution in [2.45, 2.75) is 0 Å². The molecule has 0 N–H and O–H groups in total. The van der Waals surface area contributed by atoms with Crippen molar-refractivity contribution in [3.05, 3.63) is 0 Å². The largest absolute Gasteiger partial charge is 2.00 e. The van der Waals surface area contributed by atoms with Crippen LogP contribution in [-0.2, 0) is 21.9 Å². The molecule has 0 unspecified atom stereocenters. The number of hydrogen-bond acceptors (Lipinski definition) is 2. The van der Waals surface area contributed by atoms with Crippen LogP contribution in [0.15, 0.2) is 0 Å². The average molecular weight is 173 g/mol. The molecule has 0 aromatic heterocycles. The SMILES string of the molecule is C[N+](C)(C)CC(=O)[O-].[Fe+2]. The summed E-state index contributed by atoms with van der Waals surface area (Å²) in [6, 6.07) is 0. The van der Waals surface area contributed by atoms with Gasteiger partial charge in [0, 0.05) is 0 Å². The molecule has 0 aromatic rings. The number of nitrogens with zero attached hydrogens (tertiary/aromatic N) is 1. The van der Waals surface area contributed by atoms with E-state index in [1.54, 1.807) is 21.1 Å². The molecule has 0 aromatic carbocycles. The first-order chi connectivity index (χ1) is 3.42. The van der Waals surface area contributed by atoms with E-state index < -0.39 is 5.97 Å². The molecule has 0 aliphatic heterocycles. The molecule has 0 spiro atoms. The Kier molecular flexibility index (Phi) is 5.05. The molecule has 9 heavy (non-hydrogen) atoms. The fraction of sp³-hybridized carbons (Fsp3) is 0.800. The smallest absolute Gasteiger partial charge is 0.544 e. The van der Waals surface area contributed by atoms with Crippen LogP contribution >= 0.6 is 0 Å². The quantitative estimate of drug-likeness (QED) is 0.374. The van der Waals surface area contributed by atoms with E-state index in [1.807, 2.05) is 0 Å². The first-order valence-corrected chi connectivity index (χ1v) is 2.42. The second-order valence-electron chi connectivity index (χ2n) is 2.82. The van der Waals surface area contributed by atoms with Crippen molar-refractivity contribution in [1.82, 2.24) is 0 Å². The second kappa shape index (κ2) is 3.88. The van der Waals surface area contributed by atoms with E-state index in [9.17, 15) is 9.90 Å². The molecule has 0 saturated carbocycles.